The number of halogens is 3. The van der Waals surface area contributed by atoms with Gasteiger partial charge in [-0.3, -0.25) is 0 Å². The third-order valence-corrected chi connectivity index (χ3v) is 5.65. The molecule has 0 aliphatic heterocycles. The van der Waals surface area contributed by atoms with E-state index in [9.17, 15) is 0 Å². The van der Waals surface area contributed by atoms with Crippen molar-refractivity contribution in [3.8, 4) is 11.5 Å². The van der Waals surface area contributed by atoms with E-state index in [1.54, 1.807) is 36.8 Å². The zero-order valence-electron chi connectivity index (χ0n) is 13.8. The van der Waals surface area contributed by atoms with Crippen LogP contribution in [-0.4, -0.2) is 12.1 Å². The molecule has 0 amide bonds. The van der Waals surface area contributed by atoms with E-state index < -0.39 is 0 Å². The fourth-order valence-corrected chi connectivity index (χ4v) is 3.71. The van der Waals surface area contributed by atoms with Gasteiger partial charge in [-0.05, 0) is 29.8 Å². The smallest absolute Gasteiger partial charge is 0.182 e. The largest absolute Gasteiger partial charge is 0.493 e. The van der Waals surface area contributed by atoms with Crippen LogP contribution < -0.4 is 14.8 Å². The van der Waals surface area contributed by atoms with E-state index in [4.69, 9.17) is 32.7 Å². The van der Waals surface area contributed by atoms with E-state index in [1.165, 1.54) is 0 Å². The van der Waals surface area contributed by atoms with Crippen molar-refractivity contribution in [1.82, 2.24) is 4.98 Å². The van der Waals surface area contributed by atoms with Crippen LogP contribution in [0.25, 0.3) is 0 Å². The first-order valence-corrected chi connectivity index (χ1v) is 10.1. The van der Waals surface area contributed by atoms with E-state index in [-0.39, 0.29) is 0 Å². The lowest BCUT2D eigenvalue weighted by Crippen LogP contribution is -2.03. The first kappa shape index (κ1) is 19.3. The average Bonchev–Trinajstić information content (AvgIpc) is 3.13. The standard InChI is InChI=1S/C18H15BrCl2N2O2S/c1-24-16-6-12(9-23-18-22-4-5-26-18)14(19)8-17(16)25-10-11-2-3-13(20)7-15(11)21/h2-8H,9-10H2,1H3,(H,22,23). The third-order valence-electron chi connectivity index (χ3n) is 3.59. The molecule has 1 heterocycles. The van der Waals surface area contributed by atoms with Gasteiger partial charge >= 0.3 is 0 Å². The van der Waals surface area contributed by atoms with Gasteiger partial charge in [-0.1, -0.05) is 45.2 Å². The fourth-order valence-electron chi connectivity index (χ4n) is 2.26. The Balaban J connectivity index is 1.73. The van der Waals surface area contributed by atoms with Gasteiger partial charge in [-0.25, -0.2) is 4.98 Å². The lowest BCUT2D eigenvalue weighted by Gasteiger charge is -2.15. The predicted octanol–water partition coefficient (Wildman–Crippen LogP) is 6.41. The molecule has 0 spiro atoms. The number of nitrogens with one attached hydrogen (secondary N) is 1. The molecular formula is C18H15BrCl2N2O2S. The molecular weight excluding hydrogens is 459 g/mol. The number of hydrogen-bond donors (Lipinski definition) is 1. The van der Waals surface area contributed by atoms with Gasteiger partial charge in [0.2, 0.25) is 0 Å². The van der Waals surface area contributed by atoms with Crippen molar-refractivity contribution >= 4 is 55.6 Å². The fraction of sp³-hybridized carbons (Fsp3) is 0.167. The van der Waals surface area contributed by atoms with Crippen LogP contribution in [-0.2, 0) is 13.2 Å². The van der Waals surface area contributed by atoms with Crippen molar-refractivity contribution in [3.63, 3.8) is 0 Å². The van der Waals surface area contributed by atoms with Crippen molar-refractivity contribution in [2.75, 3.05) is 12.4 Å². The van der Waals surface area contributed by atoms with Gasteiger partial charge in [0.1, 0.15) is 6.61 Å². The minimum absolute atomic E-state index is 0.315. The molecule has 3 aromatic rings. The highest BCUT2D eigenvalue weighted by molar-refractivity contribution is 9.10. The number of anilines is 1. The Hall–Kier alpha value is -1.47. The molecule has 0 fully saturated rings. The lowest BCUT2D eigenvalue weighted by molar-refractivity contribution is 0.284. The number of methoxy groups -OCH3 is 1. The molecule has 2 aromatic carbocycles. The van der Waals surface area contributed by atoms with Crippen molar-refractivity contribution in [2.24, 2.45) is 0 Å². The van der Waals surface area contributed by atoms with E-state index in [2.05, 4.69) is 26.2 Å². The lowest BCUT2D eigenvalue weighted by atomic mass is 10.2. The summed E-state index contributed by atoms with van der Waals surface area (Å²) in [4.78, 5) is 4.21. The Kier molecular flexibility index (Phi) is 6.64. The summed E-state index contributed by atoms with van der Waals surface area (Å²) in [6, 6.07) is 9.15. The molecule has 8 heteroatoms. The second kappa shape index (κ2) is 8.95. The quantitative estimate of drug-likeness (QED) is 0.430. The summed E-state index contributed by atoms with van der Waals surface area (Å²) in [6.45, 7) is 0.934. The van der Waals surface area contributed by atoms with Crippen LogP contribution in [0, 0.1) is 0 Å². The number of benzene rings is 2. The molecule has 136 valence electrons. The summed E-state index contributed by atoms with van der Waals surface area (Å²) in [7, 11) is 1.61. The Morgan fingerprint density at radius 3 is 2.69 bits per heavy atom. The Morgan fingerprint density at radius 2 is 2.00 bits per heavy atom. The van der Waals surface area contributed by atoms with Crippen LogP contribution in [0.2, 0.25) is 10.0 Å². The Labute approximate surface area is 174 Å². The molecule has 3 rings (SSSR count). The highest BCUT2D eigenvalue weighted by Crippen LogP contribution is 2.35. The van der Waals surface area contributed by atoms with Crippen LogP contribution in [0.5, 0.6) is 11.5 Å². The highest BCUT2D eigenvalue weighted by atomic mass is 79.9. The summed E-state index contributed by atoms with van der Waals surface area (Å²) >= 11 is 17.3. The van der Waals surface area contributed by atoms with Gasteiger partial charge in [0.25, 0.3) is 0 Å². The van der Waals surface area contributed by atoms with Gasteiger partial charge in [-0.2, -0.15) is 0 Å². The monoisotopic (exact) mass is 472 g/mol. The molecule has 0 aliphatic rings. The van der Waals surface area contributed by atoms with Gasteiger partial charge < -0.3 is 14.8 Å². The molecule has 0 bridgehead atoms. The zero-order valence-corrected chi connectivity index (χ0v) is 17.7. The Morgan fingerprint density at radius 1 is 1.15 bits per heavy atom. The molecule has 0 unspecified atom stereocenters. The molecule has 0 saturated carbocycles. The molecule has 0 atom stereocenters. The van der Waals surface area contributed by atoms with Crippen LogP contribution in [0.15, 0.2) is 46.4 Å². The van der Waals surface area contributed by atoms with E-state index >= 15 is 0 Å². The predicted molar refractivity (Wildman–Crippen MR) is 111 cm³/mol. The number of hydrogen-bond acceptors (Lipinski definition) is 5. The van der Waals surface area contributed by atoms with Crippen LogP contribution in [0.1, 0.15) is 11.1 Å². The maximum atomic E-state index is 6.20. The molecule has 1 aromatic heterocycles. The van der Waals surface area contributed by atoms with Gasteiger partial charge in [0, 0.05) is 38.2 Å². The van der Waals surface area contributed by atoms with Gasteiger partial charge in [0.15, 0.2) is 16.6 Å². The van der Waals surface area contributed by atoms with Crippen LogP contribution in [0.4, 0.5) is 5.13 Å². The van der Waals surface area contributed by atoms with Gasteiger partial charge in [-0.15, -0.1) is 11.3 Å². The normalized spacial score (nSPS) is 10.6. The number of ether oxygens (including phenoxy) is 2. The van der Waals surface area contributed by atoms with Crippen LogP contribution >= 0.6 is 50.5 Å². The number of rotatable bonds is 7. The summed E-state index contributed by atoms with van der Waals surface area (Å²) in [6.07, 6.45) is 1.77. The minimum Gasteiger partial charge on any atom is -0.493 e. The molecule has 26 heavy (non-hydrogen) atoms. The summed E-state index contributed by atoms with van der Waals surface area (Å²) in [5.74, 6) is 1.28. The first-order chi connectivity index (χ1) is 12.6. The van der Waals surface area contributed by atoms with Crippen molar-refractivity contribution < 1.29 is 9.47 Å². The summed E-state index contributed by atoms with van der Waals surface area (Å²) < 4.78 is 12.3. The number of aromatic nitrogens is 1. The average molecular weight is 474 g/mol. The van der Waals surface area contributed by atoms with Crippen molar-refractivity contribution in [1.29, 1.82) is 0 Å². The zero-order chi connectivity index (χ0) is 18.5. The third kappa shape index (κ3) is 4.82. The minimum atomic E-state index is 0.315. The molecule has 0 saturated heterocycles. The first-order valence-electron chi connectivity index (χ1n) is 7.63. The van der Waals surface area contributed by atoms with Crippen LogP contribution in [0.3, 0.4) is 0 Å². The second-order valence-electron chi connectivity index (χ2n) is 5.31. The number of nitrogens with zero attached hydrogens (tertiary/aromatic N) is 1. The van der Waals surface area contributed by atoms with Crippen molar-refractivity contribution in [3.05, 3.63) is 67.6 Å². The molecule has 1 N–H and O–H groups in total. The summed E-state index contributed by atoms with van der Waals surface area (Å²) in [5, 5.41) is 7.23. The molecule has 4 nitrogen and oxygen atoms in total. The van der Waals surface area contributed by atoms with E-state index in [0.29, 0.717) is 34.7 Å². The highest BCUT2D eigenvalue weighted by Gasteiger charge is 2.12. The van der Waals surface area contributed by atoms with E-state index in [0.717, 1.165) is 20.7 Å². The van der Waals surface area contributed by atoms with E-state index in [1.807, 2.05) is 23.6 Å². The maximum absolute atomic E-state index is 6.20. The Bertz CT molecular complexity index is 891. The SMILES string of the molecule is COc1cc(CNc2nccs2)c(Br)cc1OCc1ccc(Cl)cc1Cl. The molecule has 0 aliphatic carbocycles. The summed E-state index contributed by atoms with van der Waals surface area (Å²) in [5.41, 5.74) is 1.89. The van der Waals surface area contributed by atoms with Crippen molar-refractivity contribution in [2.45, 2.75) is 13.2 Å². The van der Waals surface area contributed by atoms with Gasteiger partial charge in [0.05, 0.1) is 7.11 Å². The topological polar surface area (TPSA) is 43.4 Å². The number of thiazole rings is 1. The maximum Gasteiger partial charge on any atom is 0.182 e. The molecule has 0 radical (unpaired) electrons. The second-order valence-corrected chi connectivity index (χ2v) is 7.90.